The Kier molecular flexibility index (Phi) is 5.74. The molecular formula is C16H23NO3. The summed E-state index contributed by atoms with van der Waals surface area (Å²) in [6.07, 6.45) is 0.297. The molecule has 0 aliphatic heterocycles. The predicted molar refractivity (Wildman–Crippen MR) is 78.7 cm³/mol. The number of benzene rings is 1. The van der Waals surface area contributed by atoms with Gasteiger partial charge in [-0.25, -0.2) is 0 Å². The van der Waals surface area contributed by atoms with Crippen LogP contribution in [0, 0.1) is 13.8 Å². The molecule has 0 bridgehead atoms. The zero-order chi connectivity index (χ0) is 15.3. The topological polar surface area (TPSA) is 57.6 Å². The first-order chi connectivity index (χ1) is 9.35. The number of nitrogens with zero attached hydrogens (tertiary/aromatic N) is 1. The number of aryl methyl sites for hydroxylation is 2. The van der Waals surface area contributed by atoms with Crippen molar-refractivity contribution in [2.45, 2.75) is 46.6 Å². The van der Waals surface area contributed by atoms with E-state index >= 15 is 0 Å². The molecule has 1 aromatic rings. The highest BCUT2D eigenvalue weighted by molar-refractivity contribution is 5.80. The third kappa shape index (κ3) is 4.37. The van der Waals surface area contributed by atoms with Gasteiger partial charge < -0.3 is 10.0 Å². The fourth-order valence-electron chi connectivity index (χ4n) is 2.29. The number of hydrogen-bond donors (Lipinski definition) is 1. The minimum absolute atomic E-state index is 0.0213. The molecule has 1 aromatic carbocycles. The van der Waals surface area contributed by atoms with Gasteiger partial charge in [0.15, 0.2) is 0 Å². The fraction of sp³-hybridized carbons (Fsp3) is 0.500. The first kappa shape index (κ1) is 16.2. The lowest BCUT2D eigenvalue weighted by atomic mass is 10.0. The van der Waals surface area contributed by atoms with E-state index in [1.165, 1.54) is 5.56 Å². The molecule has 1 N–H and O–H groups in total. The SMILES string of the molecule is CCN(C(=O)Cc1ccc(C)c(C)c1)C(C)CC(=O)O. The van der Waals surface area contributed by atoms with Gasteiger partial charge in [0.2, 0.25) is 5.91 Å². The van der Waals surface area contributed by atoms with E-state index in [9.17, 15) is 9.59 Å². The second-order valence-corrected chi connectivity index (χ2v) is 5.22. The predicted octanol–water partition coefficient (Wildman–Crippen LogP) is 2.56. The molecule has 1 unspecified atom stereocenters. The Morgan fingerprint density at radius 3 is 2.40 bits per heavy atom. The van der Waals surface area contributed by atoms with Crippen molar-refractivity contribution in [2.24, 2.45) is 0 Å². The summed E-state index contributed by atoms with van der Waals surface area (Å²) >= 11 is 0. The number of amides is 1. The van der Waals surface area contributed by atoms with Crippen LogP contribution in [0.2, 0.25) is 0 Å². The Morgan fingerprint density at radius 1 is 1.25 bits per heavy atom. The summed E-state index contributed by atoms with van der Waals surface area (Å²) in [4.78, 5) is 24.7. The number of rotatable bonds is 6. The molecular weight excluding hydrogens is 254 g/mol. The van der Waals surface area contributed by atoms with E-state index in [1.807, 2.05) is 39.0 Å². The van der Waals surface area contributed by atoms with E-state index in [0.717, 1.165) is 11.1 Å². The van der Waals surface area contributed by atoms with Gasteiger partial charge in [0, 0.05) is 12.6 Å². The molecule has 0 fully saturated rings. The van der Waals surface area contributed by atoms with E-state index in [-0.39, 0.29) is 18.4 Å². The zero-order valence-electron chi connectivity index (χ0n) is 12.6. The maximum atomic E-state index is 12.3. The van der Waals surface area contributed by atoms with Crippen LogP contribution in [0.15, 0.2) is 18.2 Å². The highest BCUT2D eigenvalue weighted by Crippen LogP contribution is 2.13. The van der Waals surface area contributed by atoms with Gasteiger partial charge in [-0.3, -0.25) is 9.59 Å². The summed E-state index contributed by atoms with van der Waals surface area (Å²) in [5.74, 6) is -0.903. The molecule has 1 rings (SSSR count). The molecule has 4 heteroatoms. The van der Waals surface area contributed by atoms with Crippen LogP contribution in [-0.2, 0) is 16.0 Å². The Labute approximate surface area is 120 Å². The number of carboxylic acid groups (broad SMARTS) is 1. The van der Waals surface area contributed by atoms with E-state index < -0.39 is 5.97 Å². The summed E-state index contributed by atoms with van der Waals surface area (Å²) in [6.45, 7) is 8.23. The standard InChI is InChI=1S/C16H23NO3/c1-5-17(13(4)9-16(19)20)15(18)10-14-7-6-11(2)12(3)8-14/h6-8,13H,5,9-10H2,1-4H3,(H,19,20). The summed E-state index contributed by atoms with van der Waals surface area (Å²) in [6, 6.07) is 5.70. The van der Waals surface area contributed by atoms with Crippen molar-refractivity contribution in [2.75, 3.05) is 6.54 Å². The van der Waals surface area contributed by atoms with Crippen molar-refractivity contribution < 1.29 is 14.7 Å². The second-order valence-electron chi connectivity index (χ2n) is 5.22. The third-order valence-corrected chi connectivity index (χ3v) is 3.59. The maximum Gasteiger partial charge on any atom is 0.305 e. The van der Waals surface area contributed by atoms with E-state index in [1.54, 1.807) is 11.8 Å². The maximum absolute atomic E-state index is 12.3. The highest BCUT2D eigenvalue weighted by atomic mass is 16.4. The molecule has 0 heterocycles. The minimum Gasteiger partial charge on any atom is -0.481 e. The largest absolute Gasteiger partial charge is 0.481 e. The number of carbonyl (C=O) groups is 2. The fourth-order valence-corrected chi connectivity index (χ4v) is 2.29. The zero-order valence-corrected chi connectivity index (χ0v) is 12.6. The lowest BCUT2D eigenvalue weighted by Gasteiger charge is -2.27. The first-order valence-electron chi connectivity index (χ1n) is 6.92. The molecule has 0 saturated carbocycles. The van der Waals surface area contributed by atoms with Gasteiger partial charge in [-0.1, -0.05) is 18.2 Å². The molecule has 0 aliphatic rings. The van der Waals surface area contributed by atoms with Crippen LogP contribution in [0.4, 0.5) is 0 Å². The lowest BCUT2D eigenvalue weighted by Crippen LogP contribution is -2.40. The van der Waals surface area contributed by atoms with Gasteiger partial charge in [0.05, 0.1) is 12.8 Å². The number of hydrogen-bond acceptors (Lipinski definition) is 2. The van der Waals surface area contributed by atoms with Crippen LogP contribution in [0.5, 0.6) is 0 Å². The molecule has 1 atom stereocenters. The molecule has 0 aromatic heterocycles. The molecule has 0 aliphatic carbocycles. The number of aliphatic carboxylic acids is 1. The Morgan fingerprint density at radius 2 is 1.90 bits per heavy atom. The third-order valence-electron chi connectivity index (χ3n) is 3.59. The average molecular weight is 277 g/mol. The van der Waals surface area contributed by atoms with Crippen molar-refractivity contribution in [1.29, 1.82) is 0 Å². The number of carboxylic acids is 1. The normalized spacial score (nSPS) is 12.0. The van der Waals surface area contributed by atoms with Crippen molar-refractivity contribution in [3.8, 4) is 0 Å². The van der Waals surface area contributed by atoms with E-state index in [0.29, 0.717) is 13.0 Å². The molecule has 0 radical (unpaired) electrons. The number of carbonyl (C=O) groups excluding carboxylic acids is 1. The molecule has 20 heavy (non-hydrogen) atoms. The van der Waals surface area contributed by atoms with Gasteiger partial charge in [0.25, 0.3) is 0 Å². The van der Waals surface area contributed by atoms with Crippen molar-refractivity contribution >= 4 is 11.9 Å². The Balaban J connectivity index is 2.76. The van der Waals surface area contributed by atoms with Crippen molar-refractivity contribution in [3.63, 3.8) is 0 Å². The molecule has 0 saturated heterocycles. The minimum atomic E-state index is -0.880. The van der Waals surface area contributed by atoms with Gasteiger partial charge in [0.1, 0.15) is 0 Å². The lowest BCUT2D eigenvalue weighted by molar-refractivity contribution is -0.140. The summed E-state index contributed by atoms with van der Waals surface area (Å²) in [7, 11) is 0. The number of likely N-dealkylation sites (N-methyl/N-ethyl adjacent to an activating group) is 1. The van der Waals surface area contributed by atoms with Crippen LogP contribution in [-0.4, -0.2) is 34.5 Å². The van der Waals surface area contributed by atoms with Crippen LogP contribution in [0.1, 0.15) is 37.0 Å². The van der Waals surface area contributed by atoms with Gasteiger partial charge in [-0.2, -0.15) is 0 Å². The van der Waals surface area contributed by atoms with Crippen LogP contribution < -0.4 is 0 Å². The molecule has 4 nitrogen and oxygen atoms in total. The molecule has 0 spiro atoms. The Bertz CT molecular complexity index is 496. The van der Waals surface area contributed by atoms with Crippen LogP contribution in [0.25, 0.3) is 0 Å². The highest BCUT2D eigenvalue weighted by Gasteiger charge is 2.20. The van der Waals surface area contributed by atoms with E-state index in [4.69, 9.17) is 5.11 Å². The average Bonchev–Trinajstić information content (AvgIpc) is 2.33. The van der Waals surface area contributed by atoms with Crippen molar-refractivity contribution in [1.82, 2.24) is 4.90 Å². The van der Waals surface area contributed by atoms with Gasteiger partial charge in [-0.15, -0.1) is 0 Å². The smallest absolute Gasteiger partial charge is 0.305 e. The molecule has 110 valence electrons. The summed E-state index contributed by atoms with van der Waals surface area (Å²) < 4.78 is 0. The summed E-state index contributed by atoms with van der Waals surface area (Å²) in [5.41, 5.74) is 3.34. The monoisotopic (exact) mass is 277 g/mol. The summed E-state index contributed by atoms with van der Waals surface area (Å²) in [5, 5.41) is 8.83. The van der Waals surface area contributed by atoms with Gasteiger partial charge >= 0.3 is 5.97 Å². The van der Waals surface area contributed by atoms with Crippen molar-refractivity contribution in [3.05, 3.63) is 34.9 Å². The van der Waals surface area contributed by atoms with E-state index in [2.05, 4.69) is 0 Å². The van der Waals surface area contributed by atoms with Crippen LogP contribution >= 0.6 is 0 Å². The first-order valence-corrected chi connectivity index (χ1v) is 6.92. The second kappa shape index (κ2) is 7.08. The molecule has 1 amide bonds. The van der Waals surface area contributed by atoms with Gasteiger partial charge in [-0.05, 0) is 44.4 Å². The quantitative estimate of drug-likeness (QED) is 0.869. The van der Waals surface area contributed by atoms with Crippen LogP contribution in [0.3, 0.4) is 0 Å². The Hall–Kier alpha value is -1.84.